The summed E-state index contributed by atoms with van der Waals surface area (Å²) >= 11 is 0. The van der Waals surface area contributed by atoms with Crippen LogP contribution in [-0.4, -0.2) is 54.5 Å². The molecule has 154 valence electrons. The number of carbonyl (C=O) groups is 1. The van der Waals surface area contributed by atoms with E-state index in [1.54, 1.807) is 17.0 Å². The van der Waals surface area contributed by atoms with Crippen LogP contribution >= 0.6 is 0 Å². The first-order valence-corrected chi connectivity index (χ1v) is 10.8. The average molecular weight is 396 g/mol. The fourth-order valence-electron chi connectivity index (χ4n) is 4.86. The van der Waals surface area contributed by atoms with Crippen molar-refractivity contribution < 1.29 is 9.18 Å². The number of nitrogens with zero attached hydrogens (tertiary/aromatic N) is 3. The van der Waals surface area contributed by atoms with E-state index < -0.39 is 5.82 Å². The van der Waals surface area contributed by atoms with Gasteiger partial charge in [0.05, 0.1) is 5.56 Å². The van der Waals surface area contributed by atoms with Crippen molar-refractivity contribution >= 4 is 17.3 Å². The second kappa shape index (κ2) is 8.54. The van der Waals surface area contributed by atoms with Crippen LogP contribution < -0.4 is 4.90 Å². The number of para-hydroxylation sites is 1. The predicted octanol–water partition coefficient (Wildman–Crippen LogP) is 4.54. The molecule has 3 heterocycles. The Bertz CT molecular complexity index is 844. The molecule has 0 N–H and O–H groups in total. The normalized spacial score (nSPS) is 23.1. The van der Waals surface area contributed by atoms with E-state index in [4.69, 9.17) is 0 Å². The zero-order valence-corrected chi connectivity index (χ0v) is 17.4. The number of carbonyl (C=O) groups excluding carboxylic acids is 1. The van der Waals surface area contributed by atoms with Crippen LogP contribution in [0.25, 0.3) is 0 Å². The van der Waals surface area contributed by atoms with E-state index in [1.165, 1.54) is 12.8 Å². The lowest BCUT2D eigenvalue weighted by molar-refractivity contribution is 0.0768. The zero-order valence-electron chi connectivity index (χ0n) is 17.4. The zero-order chi connectivity index (χ0) is 20.4. The molecule has 1 unspecified atom stereocenters. The minimum absolute atomic E-state index is 0.152. The van der Waals surface area contributed by atoms with Gasteiger partial charge in [0.2, 0.25) is 0 Å². The van der Waals surface area contributed by atoms with E-state index >= 15 is 4.39 Å². The van der Waals surface area contributed by atoms with E-state index in [2.05, 4.69) is 21.9 Å². The molecule has 29 heavy (non-hydrogen) atoms. The van der Waals surface area contributed by atoms with Gasteiger partial charge in [-0.15, -0.1) is 0 Å². The maximum atomic E-state index is 15.1. The molecule has 3 aliphatic heterocycles. The number of amides is 1. The minimum Gasteiger partial charge on any atom is -0.339 e. The van der Waals surface area contributed by atoms with Crippen LogP contribution in [0.2, 0.25) is 0 Å². The van der Waals surface area contributed by atoms with Gasteiger partial charge in [0, 0.05) is 37.1 Å². The summed E-state index contributed by atoms with van der Waals surface area (Å²) in [5.74, 6) is -0.0741. The van der Waals surface area contributed by atoms with Crippen molar-refractivity contribution in [3.63, 3.8) is 0 Å². The molecule has 4 nitrogen and oxygen atoms in total. The lowest BCUT2D eigenvalue weighted by Gasteiger charge is -2.49. The molecule has 2 aromatic carbocycles. The molecule has 2 aromatic rings. The minimum atomic E-state index is -0.443. The Hall–Kier alpha value is -2.40. The second-order valence-corrected chi connectivity index (χ2v) is 8.05. The second-order valence-electron chi connectivity index (χ2n) is 8.05. The van der Waals surface area contributed by atoms with Gasteiger partial charge in [0.15, 0.2) is 0 Å². The fraction of sp³-hybridized carbons (Fsp3) is 0.458. The molecule has 0 spiro atoms. The van der Waals surface area contributed by atoms with E-state index in [9.17, 15) is 4.79 Å². The molecule has 5 rings (SSSR count). The van der Waals surface area contributed by atoms with Crippen molar-refractivity contribution in [3.8, 4) is 0 Å². The first-order valence-electron chi connectivity index (χ1n) is 10.8. The van der Waals surface area contributed by atoms with Gasteiger partial charge in [0.1, 0.15) is 5.82 Å². The highest BCUT2D eigenvalue weighted by molar-refractivity contribution is 5.95. The summed E-state index contributed by atoms with van der Waals surface area (Å²) in [4.78, 5) is 19.1. The summed E-state index contributed by atoms with van der Waals surface area (Å²) in [6, 6.07) is 15.7. The van der Waals surface area contributed by atoms with Crippen molar-refractivity contribution in [2.24, 2.45) is 5.92 Å². The number of piperidine rings is 3. The standard InChI is InChI=1S/C24H30FN3O/c1-3-27(4-2)24(29)21-11-10-20(16-22(21)25)28(19-8-6-5-7-9-19)23-17-26-14-12-18(23)13-15-26/h5-11,16,18,23H,3-4,12-15,17H2,1-2H3. The third kappa shape index (κ3) is 3.88. The molecule has 2 bridgehead atoms. The van der Waals surface area contributed by atoms with Crippen LogP contribution in [0.15, 0.2) is 48.5 Å². The summed E-state index contributed by atoms with van der Waals surface area (Å²) in [5.41, 5.74) is 2.05. The summed E-state index contributed by atoms with van der Waals surface area (Å²) in [5, 5.41) is 0. The van der Waals surface area contributed by atoms with E-state index in [-0.39, 0.29) is 11.5 Å². The number of anilines is 2. The highest BCUT2D eigenvalue weighted by atomic mass is 19.1. The molecular formula is C24H30FN3O. The smallest absolute Gasteiger partial charge is 0.256 e. The van der Waals surface area contributed by atoms with Crippen LogP contribution in [-0.2, 0) is 0 Å². The Kier molecular flexibility index (Phi) is 5.86. The maximum absolute atomic E-state index is 15.1. The van der Waals surface area contributed by atoms with Crippen molar-refractivity contribution in [1.82, 2.24) is 9.80 Å². The third-order valence-electron chi connectivity index (χ3n) is 6.50. The Balaban J connectivity index is 1.70. The molecule has 1 atom stereocenters. The number of hydrogen-bond acceptors (Lipinski definition) is 3. The summed E-state index contributed by atoms with van der Waals surface area (Å²) in [6.45, 7) is 8.31. The first-order chi connectivity index (χ1) is 14.1. The summed E-state index contributed by atoms with van der Waals surface area (Å²) in [7, 11) is 0. The van der Waals surface area contributed by atoms with Crippen molar-refractivity contribution in [2.75, 3.05) is 37.6 Å². The van der Waals surface area contributed by atoms with E-state index in [0.717, 1.165) is 31.0 Å². The monoisotopic (exact) mass is 395 g/mol. The molecule has 5 heteroatoms. The lowest BCUT2D eigenvalue weighted by Crippen LogP contribution is -2.56. The molecule has 3 saturated heterocycles. The van der Waals surface area contributed by atoms with Gasteiger partial charge in [-0.25, -0.2) is 4.39 Å². The molecule has 3 fully saturated rings. The van der Waals surface area contributed by atoms with Crippen LogP contribution in [0.5, 0.6) is 0 Å². The SMILES string of the molecule is CCN(CC)C(=O)c1ccc(N(c2ccccc2)C2CN3CCC2CC3)cc1F. The van der Waals surface area contributed by atoms with Gasteiger partial charge >= 0.3 is 0 Å². The molecule has 0 aromatic heterocycles. The third-order valence-corrected chi connectivity index (χ3v) is 6.50. The van der Waals surface area contributed by atoms with E-state index in [1.807, 2.05) is 38.1 Å². The Labute approximate surface area is 172 Å². The van der Waals surface area contributed by atoms with Crippen LogP contribution in [0.4, 0.5) is 15.8 Å². The largest absolute Gasteiger partial charge is 0.339 e. The topological polar surface area (TPSA) is 26.8 Å². The van der Waals surface area contributed by atoms with Gasteiger partial charge in [0.25, 0.3) is 5.91 Å². The lowest BCUT2D eigenvalue weighted by atomic mass is 9.82. The van der Waals surface area contributed by atoms with Gasteiger partial charge in [-0.1, -0.05) is 18.2 Å². The van der Waals surface area contributed by atoms with Crippen LogP contribution in [0, 0.1) is 11.7 Å². The quantitative estimate of drug-likeness (QED) is 0.718. The maximum Gasteiger partial charge on any atom is 0.256 e. The number of halogens is 1. The number of hydrogen-bond donors (Lipinski definition) is 0. The van der Waals surface area contributed by atoms with Crippen molar-refractivity contribution in [2.45, 2.75) is 32.7 Å². The first kappa shape index (κ1) is 19.9. The summed E-state index contributed by atoms with van der Waals surface area (Å²) in [6.07, 6.45) is 2.38. The molecule has 0 radical (unpaired) electrons. The van der Waals surface area contributed by atoms with Crippen molar-refractivity contribution in [3.05, 3.63) is 59.9 Å². The molecule has 0 saturated carbocycles. The van der Waals surface area contributed by atoms with Gasteiger partial charge in [-0.2, -0.15) is 0 Å². The Morgan fingerprint density at radius 3 is 2.28 bits per heavy atom. The van der Waals surface area contributed by atoms with Crippen LogP contribution in [0.1, 0.15) is 37.0 Å². The fourth-order valence-corrected chi connectivity index (χ4v) is 4.86. The predicted molar refractivity (Wildman–Crippen MR) is 115 cm³/mol. The highest BCUT2D eigenvalue weighted by Gasteiger charge is 2.38. The van der Waals surface area contributed by atoms with Crippen LogP contribution in [0.3, 0.4) is 0 Å². The molecule has 0 aliphatic carbocycles. The molecular weight excluding hydrogens is 365 g/mol. The number of rotatable bonds is 6. The molecule has 3 aliphatic rings. The van der Waals surface area contributed by atoms with Gasteiger partial charge in [-0.3, -0.25) is 4.79 Å². The highest BCUT2D eigenvalue weighted by Crippen LogP contribution is 2.38. The van der Waals surface area contributed by atoms with Crippen molar-refractivity contribution in [1.29, 1.82) is 0 Å². The van der Waals surface area contributed by atoms with Gasteiger partial charge < -0.3 is 14.7 Å². The average Bonchev–Trinajstić information content (AvgIpc) is 2.76. The Morgan fingerprint density at radius 1 is 1.03 bits per heavy atom. The van der Waals surface area contributed by atoms with E-state index in [0.29, 0.717) is 25.0 Å². The number of fused-ring (bicyclic) bond motifs is 3. The number of benzene rings is 2. The summed E-state index contributed by atoms with van der Waals surface area (Å²) < 4.78 is 15.1. The molecule has 1 amide bonds. The Morgan fingerprint density at radius 2 is 1.72 bits per heavy atom. The van der Waals surface area contributed by atoms with Gasteiger partial charge in [-0.05, 0) is 76.0 Å².